The van der Waals surface area contributed by atoms with E-state index < -0.39 is 33.3 Å². The van der Waals surface area contributed by atoms with Crippen LogP contribution >= 0.6 is 0 Å². The van der Waals surface area contributed by atoms with Crippen LogP contribution in [0.3, 0.4) is 0 Å². The van der Waals surface area contributed by atoms with Gasteiger partial charge in [0.1, 0.15) is 22.2 Å². The molecule has 0 fully saturated rings. The van der Waals surface area contributed by atoms with Crippen LogP contribution in [0.25, 0.3) is 0 Å². The number of sulfonamides is 1. The van der Waals surface area contributed by atoms with Crippen molar-refractivity contribution in [3.05, 3.63) is 47.8 Å². The summed E-state index contributed by atoms with van der Waals surface area (Å²) in [5.74, 6) is -3.07. The highest BCUT2D eigenvalue weighted by atomic mass is 32.2. The van der Waals surface area contributed by atoms with E-state index in [0.29, 0.717) is 6.07 Å². The molecule has 1 heterocycles. The molecule has 0 aliphatic rings. The molecule has 21 heavy (non-hydrogen) atoms. The van der Waals surface area contributed by atoms with Gasteiger partial charge in [-0.05, 0) is 18.2 Å². The summed E-state index contributed by atoms with van der Waals surface area (Å²) in [5, 5.41) is 8.87. The zero-order chi connectivity index (χ0) is 15.8. The quantitative estimate of drug-likeness (QED) is 0.900. The smallest absolute Gasteiger partial charge is 0.352 e. The minimum Gasteiger partial charge on any atom is -0.477 e. The number of carbonyl (C=O) groups is 1. The number of aromatic carboxylic acids is 1. The number of halogens is 2. The summed E-state index contributed by atoms with van der Waals surface area (Å²) in [5.41, 5.74) is -0.814. The van der Waals surface area contributed by atoms with Crippen LogP contribution in [0, 0.1) is 11.6 Å². The molecule has 2 rings (SSSR count). The predicted octanol–water partition coefficient (Wildman–Crippen LogP) is 1.80. The number of hydrogen-bond donors (Lipinski definition) is 2. The van der Waals surface area contributed by atoms with Crippen molar-refractivity contribution in [1.82, 2.24) is 4.57 Å². The van der Waals surface area contributed by atoms with Crippen molar-refractivity contribution >= 4 is 21.7 Å². The van der Waals surface area contributed by atoms with Crippen molar-refractivity contribution in [3.8, 4) is 0 Å². The fourth-order valence-electron chi connectivity index (χ4n) is 1.67. The minimum atomic E-state index is -4.23. The lowest BCUT2D eigenvalue weighted by Gasteiger charge is -2.07. The predicted molar refractivity (Wildman–Crippen MR) is 69.5 cm³/mol. The second-order valence-electron chi connectivity index (χ2n) is 4.21. The normalized spacial score (nSPS) is 11.4. The summed E-state index contributed by atoms with van der Waals surface area (Å²) >= 11 is 0. The van der Waals surface area contributed by atoms with Crippen molar-refractivity contribution in [2.24, 2.45) is 7.05 Å². The van der Waals surface area contributed by atoms with Gasteiger partial charge in [0, 0.05) is 19.3 Å². The molecule has 0 aliphatic carbocycles. The molecule has 0 amide bonds. The Hall–Kier alpha value is -2.42. The van der Waals surface area contributed by atoms with Gasteiger partial charge in [0.25, 0.3) is 10.0 Å². The second kappa shape index (κ2) is 5.17. The summed E-state index contributed by atoms with van der Waals surface area (Å²) in [6.07, 6.45) is 1.06. The first-order valence-electron chi connectivity index (χ1n) is 5.58. The highest BCUT2D eigenvalue weighted by molar-refractivity contribution is 7.92. The van der Waals surface area contributed by atoms with E-state index in [1.165, 1.54) is 7.05 Å². The van der Waals surface area contributed by atoms with Crippen LogP contribution in [-0.4, -0.2) is 24.1 Å². The molecule has 0 saturated heterocycles. The lowest BCUT2D eigenvalue weighted by atomic mass is 10.3. The zero-order valence-electron chi connectivity index (χ0n) is 10.7. The van der Waals surface area contributed by atoms with Crippen LogP contribution in [0.5, 0.6) is 0 Å². The number of carboxylic acids is 1. The van der Waals surface area contributed by atoms with E-state index in [9.17, 15) is 22.0 Å². The SMILES string of the molecule is Cn1cc(S(=O)(=O)Nc2cc(F)ccc2F)cc1C(=O)O. The summed E-state index contributed by atoms with van der Waals surface area (Å²) in [6.45, 7) is 0. The van der Waals surface area contributed by atoms with Gasteiger partial charge in [-0.3, -0.25) is 4.72 Å². The van der Waals surface area contributed by atoms with Crippen molar-refractivity contribution < 1.29 is 27.1 Å². The fourth-order valence-corrected chi connectivity index (χ4v) is 2.80. The van der Waals surface area contributed by atoms with Crippen LogP contribution in [0.2, 0.25) is 0 Å². The highest BCUT2D eigenvalue weighted by Crippen LogP contribution is 2.21. The molecule has 0 atom stereocenters. The monoisotopic (exact) mass is 316 g/mol. The van der Waals surface area contributed by atoms with Crippen LogP contribution in [0.4, 0.5) is 14.5 Å². The van der Waals surface area contributed by atoms with Crippen LogP contribution in [-0.2, 0) is 17.1 Å². The Morgan fingerprint density at radius 1 is 1.29 bits per heavy atom. The van der Waals surface area contributed by atoms with Crippen molar-refractivity contribution in [2.75, 3.05) is 4.72 Å². The number of nitrogens with one attached hydrogen (secondary N) is 1. The third-order valence-electron chi connectivity index (χ3n) is 2.68. The van der Waals surface area contributed by atoms with E-state index in [4.69, 9.17) is 5.11 Å². The molecule has 0 unspecified atom stereocenters. The third kappa shape index (κ3) is 3.02. The van der Waals surface area contributed by atoms with Gasteiger partial charge in [0.2, 0.25) is 0 Å². The molecule has 2 aromatic rings. The van der Waals surface area contributed by atoms with E-state index >= 15 is 0 Å². The summed E-state index contributed by atoms with van der Waals surface area (Å²) < 4.78 is 53.5. The maximum atomic E-state index is 13.4. The van der Waals surface area contributed by atoms with E-state index in [2.05, 4.69) is 0 Å². The number of hydrogen-bond acceptors (Lipinski definition) is 3. The number of aromatic nitrogens is 1. The molecule has 2 N–H and O–H groups in total. The van der Waals surface area contributed by atoms with E-state index in [1.54, 1.807) is 0 Å². The van der Waals surface area contributed by atoms with Crippen molar-refractivity contribution in [2.45, 2.75) is 4.90 Å². The van der Waals surface area contributed by atoms with Gasteiger partial charge in [-0.2, -0.15) is 0 Å². The molecule has 0 spiro atoms. The Bertz CT molecular complexity index is 815. The molecule has 0 aliphatic heterocycles. The Morgan fingerprint density at radius 2 is 1.95 bits per heavy atom. The molecule has 0 radical (unpaired) electrons. The maximum Gasteiger partial charge on any atom is 0.352 e. The van der Waals surface area contributed by atoms with Gasteiger partial charge in [-0.25, -0.2) is 22.0 Å². The molecule has 0 saturated carbocycles. The van der Waals surface area contributed by atoms with Gasteiger partial charge in [0.15, 0.2) is 0 Å². The van der Waals surface area contributed by atoms with Crippen molar-refractivity contribution in [1.29, 1.82) is 0 Å². The topological polar surface area (TPSA) is 88.4 Å². The Balaban J connectivity index is 2.41. The largest absolute Gasteiger partial charge is 0.477 e. The van der Waals surface area contributed by atoms with Gasteiger partial charge in [-0.1, -0.05) is 0 Å². The van der Waals surface area contributed by atoms with E-state index in [0.717, 1.165) is 29.0 Å². The van der Waals surface area contributed by atoms with E-state index in [1.807, 2.05) is 4.72 Å². The van der Waals surface area contributed by atoms with Crippen LogP contribution in [0.15, 0.2) is 35.4 Å². The molecular formula is C12H10F2N2O4S. The Labute approximate surface area is 118 Å². The highest BCUT2D eigenvalue weighted by Gasteiger charge is 2.21. The van der Waals surface area contributed by atoms with Crippen LogP contribution < -0.4 is 4.72 Å². The third-order valence-corrected chi connectivity index (χ3v) is 4.01. The number of anilines is 1. The van der Waals surface area contributed by atoms with Gasteiger partial charge < -0.3 is 9.67 Å². The lowest BCUT2D eigenvalue weighted by molar-refractivity contribution is 0.0686. The van der Waals surface area contributed by atoms with Crippen LogP contribution in [0.1, 0.15) is 10.5 Å². The van der Waals surface area contributed by atoms with Gasteiger partial charge in [-0.15, -0.1) is 0 Å². The first-order chi connectivity index (χ1) is 9.70. The number of benzene rings is 1. The Kier molecular flexibility index (Phi) is 3.69. The van der Waals surface area contributed by atoms with Gasteiger partial charge >= 0.3 is 5.97 Å². The summed E-state index contributed by atoms with van der Waals surface area (Å²) in [6, 6.07) is 3.23. The first kappa shape index (κ1) is 15.0. The minimum absolute atomic E-state index is 0.255. The average molecular weight is 316 g/mol. The maximum absolute atomic E-state index is 13.4. The standard InChI is InChI=1S/C12H10F2N2O4S/c1-16-6-8(5-11(16)12(17)18)21(19,20)15-10-4-7(13)2-3-9(10)14/h2-6,15H,1H3,(H,17,18). The second-order valence-corrected chi connectivity index (χ2v) is 5.89. The van der Waals surface area contributed by atoms with Crippen molar-refractivity contribution in [3.63, 3.8) is 0 Å². The number of nitrogens with zero attached hydrogens (tertiary/aromatic N) is 1. The first-order valence-corrected chi connectivity index (χ1v) is 7.06. The number of aryl methyl sites for hydroxylation is 1. The molecule has 9 heteroatoms. The summed E-state index contributed by atoms with van der Waals surface area (Å²) in [7, 11) is -2.88. The molecule has 1 aromatic heterocycles. The fraction of sp³-hybridized carbons (Fsp3) is 0.0833. The zero-order valence-corrected chi connectivity index (χ0v) is 11.5. The van der Waals surface area contributed by atoms with Gasteiger partial charge in [0.05, 0.1) is 5.69 Å². The molecule has 112 valence electrons. The molecule has 0 bridgehead atoms. The number of rotatable bonds is 4. The van der Waals surface area contributed by atoms with E-state index in [-0.39, 0.29) is 10.6 Å². The Morgan fingerprint density at radius 3 is 2.52 bits per heavy atom. The average Bonchev–Trinajstić information content (AvgIpc) is 2.77. The molecule has 1 aromatic carbocycles. The lowest BCUT2D eigenvalue weighted by Crippen LogP contribution is -2.13. The number of carboxylic acid groups (broad SMARTS) is 1. The molecular weight excluding hydrogens is 306 g/mol. The summed E-state index contributed by atoms with van der Waals surface area (Å²) in [4.78, 5) is 10.5. The molecule has 6 nitrogen and oxygen atoms in total.